The molecule has 156 valence electrons. The van der Waals surface area contributed by atoms with Gasteiger partial charge in [0.1, 0.15) is 6.29 Å². The minimum atomic E-state index is -1.08. The largest absolute Gasteiger partial charge is 0.431 e. The van der Waals surface area contributed by atoms with E-state index >= 15 is 0 Å². The monoisotopic (exact) mass is 398 g/mol. The second-order valence-corrected chi connectivity index (χ2v) is 10.1. The summed E-state index contributed by atoms with van der Waals surface area (Å²) in [6.07, 6.45) is 10.2. The molecule has 0 radical (unpaired) electrons. The molecular formula is C24H30O5. The standard InChI is InChI=1S/C24H30O5/c1-22-9-8-20-17(7-11-24(28)12-16(26)6-10-23(20,24)14-25)19(22)4-3-18(22)15-2-5-21(27)29-13-15/h2,4-5,13-14,16-18,20,26,28H,3,6-12H2,1H3/t16-,17+,18-,20+,22+,23-,24+/m0/s1. The summed E-state index contributed by atoms with van der Waals surface area (Å²) in [5.41, 5.74) is 0.342. The predicted octanol–water partition coefficient (Wildman–Crippen LogP) is 3.34. The minimum Gasteiger partial charge on any atom is -0.431 e. The maximum absolute atomic E-state index is 12.5. The van der Waals surface area contributed by atoms with E-state index < -0.39 is 17.1 Å². The summed E-state index contributed by atoms with van der Waals surface area (Å²) in [7, 11) is 0. The smallest absolute Gasteiger partial charge is 0.335 e. The third kappa shape index (κ3) is 2.53. The number of aldehydes is 1. The number of rotatable bonds is 2. The van der Waals surface area contributed by atoms with Crippen molar-refractivity contribution in [1.82, 2.24) is 0 Å². The quantitative estimate of drug-likeness (QED) is 0.589. The molecule has 0 spiro atoms. The first kappa shape index (κ1) is 19.3. The molecule has 1 aromatic rings. The number of allylic oxidation sites excluding steroid dienone is 2. The molecule has 5 nitrogen and oxygen atoms in total. The molecule has 2 N–H and O–H groups in total. The molecule has 0 aromatic carbocycles. The second kappa shape index (κ2) is 6.39. The number of fused-ring (bicyclic) bond motifs is 5. The molecule has 0 aliphatic heterocycles. The fraction of sp³-hybridized carbons (Fsp3) is 0.667. The van der Waals surface area contributed by atoms with Gasteiger partial charge < -0.3 is 19.4 Å². The van der Waals surface area contributed by atoms with E-state index in [9.17, 15) is 19.8 Å². The molecule has 0 saturated heterocycles. The van der Waals surface area contributed by atoms with Crippen LogP contribution in [0.4, 0.5) is 0 Å². The van der Waals surface area contributed by atoms with Gasteiger partial charge in [0.25, 0.3) is 0 Å². The molecule has 4 aliphatic carbocycles. The third-order valence-corrected chi connectivity index (χ3v) is 9.06. The zero-order valence-electron chi connectivity index (χ0n) is 17.0. The van der Waals surface area contributed by atoms with Crippen molar-refractivity contribution in [2.75, 3.05) is 0 Å². The van der Waals surface area contributed by atoms with Crippen LogP contribution in [0.1, 0.15) is 69.8 Å². The summed E-state index contributed by atoms with van der Waals surface area (Å²) in [5.74, 6) is 0.720. The molecule has 7 atom stereocenters. The molecule has 1 aromatic heterocycles. The summed E-state index contributed by atoms with van der Waals surface area (Å²) in [5, 5.41) is 21.6. The van der Waals surface area contributed by atoms with Gasteiger partial charge in [-0.15, -0.1) is 0 Å². The van der Waals surface area contributed by atoms with Crippen molar-refractivity contribution >= 4 is 6.29 Å². The zero-order chi connectivity index (χ0) is 20.4. The summed E-state index contributed by atoms with van der Waals surface area (Å²) in [6.45, 7) is 2.32. The first-order valence-corrected chi connectivity index (χ1v) is 11.0. The Balaban J connectivity index is 1.49. The van der Waals surface area contributed by atoms with Gasteiger partial charge in [-0.2, -0.15) is 0 Å². The molecule has 3 saturated carbocycles. The molecule has 0 unspecified atom stereocenters. The first-order chi connectivity index (χ1) is 13.8. The summed E-state index contributed by atoms with van der Waals surface area (Å²) < 4.78 is 5.15. The zero-order valence-corrected chi connectivity index (χ0v) is 17.0. The van der Waals surface area contributed by atoms with Crippen LogP contribution in [0.3, 0.4) is 0 Å². The van der Waals surface area contributed by atoms with E-state index in [-0.39, 0.29) is 22.9 Å². The number of carbonyl (C=O) groups is 1. The van der Waals surface area contributed by atoms with Crippen molar-refractivity contribution in [1.29, 1.82) is 0 Å². The fourth-order valence-electron chi connectivity index (χ4n) is 7.59. The minimum absolute atomic E-state index is 0.00516. The number of hydrogen-bond donors (Lipinski definition) is 2. The summed E-state index contributed by atoms with van der Waals surface area (Å²) >= 11 is 0. The lowest BCUT2D eigenvalue weighted by atomic mass is 9.44. The molecule has 1 heterocycles. The Bertz CT molecular complexity index is 898. The van der Waals surface area contributed by atoms with Crippen molar-refractivity contribution in [2.24, 2.45) is 22.7 Å². The molecule has 5 rings (SSSR count). The highest BCUT2D eigenvalue weighted by atomic mass is 16.4. The number of carbonyl (C=O) groups excluding carboxylic acids is 1. The van der Waals surface area contributed by atoms with Crippen LogP contribution in [0.2, 0.25) is 0 Å². The van der Waals surface area contributed by atoms with Crippen molar-refractivity contribution in [3.8, 4) is 0 Å². The van der Waals surface area contributed by atoms with Crippen LogP contribution in [-0.4, -0.2) is 28.2 Å². The lowest BCUT2D eigenvalue weighted by molar-refractivity contribution is -0.200. The summed E-state index contributed by atoms with van der Waals surface area (Å²) in [6, 6.07) is 3.39. The SMILES string of the molecule is C[C@]12CC[C@@H]3[C@H](CC[C@@]4(O)C[C@@H](O)CC[C@]34C=O)C1=CC[C@H]2c1ccc(=O)oc1. The first-order valence-electron chi connectivity index (χ1n) is 11.0. The molecule has 5 heteroatoms. The Morgan fingerprint density at radius 2 is 2.00 bits per heavy atom. The van der Waals surface area contributed by atoms with Gasteiger partial charge in [-0.05, 0) is 79.7 Å². The number of hydrogen-bond acceptors (Lipinski definition) is 5. The highest BCUT2D eigenvalue weighted by Crippen LogP contribution is 2.67. The molecular weight excluding hydrogens is 368 g/mol. The maximum Gasteiger partial charge on any atom is 0.335 e. The molecule has 0 bridgehead atoms. The topological polar surface area (TPSA) is 87.7 Å². The average molecular weight is 398 g/mol. The van der Waals surface area contributed by atoms with Crippen molar-refractivity contribution in [2.45, 2.75) is 75.9 Å². The highest BCUT2D eigenvalue weighted by molar-refractivity contribution is 5.64. The van der Waals surface area contributed by atoms with E-state index in [4.69, 9.17) is 4.42 Å². The van der Waals surface area contributed by atoms with E-state index in [0.717, 1.165) is 37.5 Å². The number of aliphatic hydroxyl groups excluding tert-OH is 1. The van der Waals surface area contributed by atoms with Gasteiger partial charge in [0.15, 0.2) is 0 Å². The maximum atomic E-state index is 12.5. The highest BCUT2D eigenvalue weighted by Gasteiger charge is 2.65. The van der Waals surface area contributed by atoms with Gasteiger partial charge in [0.2, 0.25) is 0 Å². The molecule has 29 heavy (non-hydrogen) atoms. The third-order valence-electron chi connectivity index (χ3n) is 9.06. The van der Waals surface area contributed by atoms with Crippen LogP contribution in [0.5, 0.6) is 0 Å². The summed E-state index contributed by atoms with van der Waals surface area (Å²) in [4.78, 5) is 23.9. The average Bonchev–Trinajstić information content (AvgIpc) is 3.05. The van der Waals surface area contributed by atoms with Crippen LogP contribution < -0.4 is 5.63 Å². The molecule has 0 amide bonds. The van der Waals surface area contributed by atoms with E-state index in [1.54, 1.807) is 6.26 Å². The van der Waals surface area contributed by atoms with Crippen molar-refractivity contribution in [3.05, 3.63) is 46.0 Å². The Kier molecular flexibility index (Phi) is 4.24. The Morgan fingerprint density at radius 1 is 1.17 bits per heavy atom. The van der Waals surface area contributed by atoms with Gasteiger partial charge in [-0.3, -0.25) is 0 Å². The van der Waals surface area contributed by atoms with Crippen LogP contribution in [0, 0.1) is 22.7 Å². The Labute approximate surface area is 170 Å². The lowest BCUT2D eigenvalue weighted by Crippen LogP contribution is -2.64. The van der Waals surface area contributed by atoms with Gasteiger partial charge >= 0.3 is 5.63 Å². The van der Waals surface area contributed by atoms with E-state index in [0.29, 0.717) is 31.6 Å². The van der Waals surface area contributed by atoms with E-state index in [1.807, 2.05) is 6.07 Å². The van der Waals surface area contributed by atoms with E-state index in [1.165, 1.54) is 11.6 Å². The van der Waals surface area contributed by atoms with Crippen molar-refractivity contribution < 1.29 is 19.4 Å². The normalized spacial score (nSPS) is 46.2. The van der Waals surface area contributed by atoms with Gasteiger partial charge in [0, 0.05) is 12.5 Å². The lowest BCUT2D eigenvalue weighted by Gasteiger charge is -2.61. The fourth-order valence-corrected chi connectivity index (χ4v) is 7.59. The van der Waals surface area contributed by atoms with Gasteiger partial charge in [0.05, 0.1) is 23.4 Å². The Hall–Kier alpha value is -1.72. The van der Waals surface area contributed by atoms with Crippen LogP contribution in [-0.2, 0) is 4.79 Å². The Morgan fingerprint density at radius 3 is 2.72 bits per heavy atom. The van der Waals surface area contributed by atoms with E-state index in [2.05, 4.69) is 13.0 Å². The van der Waals surface area contributed by atoms with Gasteiger partial charge in [-0.1, -0.05) is 18.6 Å². The van der Waals surface area contributed by atoms with Crippen LogP contribution in [0.25, 0.3) is 0 Å². The van der Waals surface area contributed by atoms with Gasteiger partial charge in [-0.25, -0.2) is 4.79 Å². The predicted molar refractivity (Wildman–Crippen MR) is 107 cm³/mol. The number of aliphatic hydroxyl groups is 2. The molecule has 4 aliphatic rings. The van der Waals surface area contributed by atoms with Crippen LogP contribution in [0.15, 0.2) is 39.3 Å². The van der Waals surface area contributed by atoms with Crippen molar-refractivity contribution in [3.63, 3.8) is 0 Å². The second-order valence-electron chi connectivity index (χ2n) is 10.1. The molecule has 3 fully saturated rings. The van der Waals surface area contributed by atoms with Crippen LogP contribution >= 0.6 is 0 Å².